The summed E-state index contributed by atoms with van der Waals surface area (Å²) in [4.78, 5) is 133. The molecule has 115 heavy (non-hydrogen) atoms. The highest BCUT2D eigenvalue weighted by atomic mass is 32.2. The number of hydrogen-bond donors (Lipinski definition) is 6. The smallest absolute Gasteiger partial charge is 0.410 e. The molecule has 7 N–H and O–H groups in total. The lowest BCUT2D eigenvalue weighted by molar-refractivity contribution is -0.149. The average Bonchev–Trinajstić information content (AvgIpc) is 1.78. The molecule has 1 aliphatic heterocycles. The summed E-state index contributed by atoms with van der Waals surface area (Å²) in [7, 11) is 6.20. The molecule has 8 amide bonds. The maximum Gasteiger partial charge on any atom is 0.410 e. The van der Waals surface area contributed by atoms with Crippen LogP contribution in [0.4, 0.5) is 15.3 Å². The molecular formula is C84H126N12O18S. The highest BCUT2D eigenvalue weighted by Crippen LogP contribution is 2.33. The molecular weight excluding hydrogens is 1500 g/mol. The van der Waals surface area contributed by atoms with Gasteiger partial charge in [0.1, 0.15) is 12.3 Å². The van der Waals surface area contributed by atoms with Crippen LogP contribution in [0.25, 0.3) is 15.4 Å². The first-order valence-electron chi connectivity index (χ1n) is 39.8. The van der Waals surface area contributed by atoms with Crippen LogP contribution >= 0.6 is 11.8 Å². The number of hydrogen-bond acceptors (Lipinski definition) is 21. The van der Waals surface area contributed by atoms with E-state index in [1.807, 2.05) is 90.3 Å². The Bertz CT molecular complexity index is 3730. The first-order valence-corrected chi connectivity index (χ1v) is 41.1. The van der Waals surface area contributed by atoms with Gasteiger partial charge < -0.3 is 84.7 Å². The van der Waals surface area contributed by atoms with Crippen LogP contribution in [0.5, 0.6) is 0 Å². The van der Waals surface area contributed by atoms with E-state index in [-0.39, 0.29) is 125 Å². The zero-order valence-corrected chi connectivity index (χ0v) is 70.7. The van der Waals surface area contributed by atoms with Crippen LogP contribution in [-0.2, 0) is 84.7 Å². The molecule has 0 unspecified atom stereocenters. The van der Waals surface area contributed by atoms with Gasteiger partial charge in [-0.05, 0) is 103 Å². The van der Waals surface area contributed by atoms with E-state index >= 15 is 0 Å². The maximum atomic E-state index is 14.9. The minimum atomic E-state index is -0.976. The van der Waals surface area contributed by atoms with Gasteiger partial charge in [-0.15, -0.1) is 16.9 Å². The van der Waals surface area contributed by atoms with Crippen molar-refractivity contribution in [1.29, 1.82) is 0 Å². The zero-order valence-electron chi connectivity index (χ0n) is 69.9. The van der Waals surface area contributed by atoms with Crippen molar-refractivity contribution in [2.75, 3.05) is 112 Å². The number of likely N-dealkylation sites (N-methyl/N-ethyl adjacent to an activating group) is 2. The van der Waals surface area contributed by atoms with Gasteiger partial charge in [-0.2, -0.15) is 0 Å². The lowest BCUT2D eigenvalue weighted by Crippen LogP contribution is -2.55. The van der Waals surface area contributed by atoms with Crippen molar-refractivity contribution in [2.24, 2.45) is 47.2 Å². The number of primary amides is 1. The number of thioether (sulfide) groups is 1. The Morgan fingerprint density at radius 1 is 0.730 bits per heavy atom. The number of ether oxygens (including phenoxy) is 8. The number of aliphatic hydroxyl groups excluding tert-OH is 1. The number of aromatic nitrogens is 3. The van der Waals surface area contributed by atoms with E-state index in [0.29, 0.717) is 94.4 Å². The first kappa shape index (κ1) is 96.9. The summed E-state index contributed by atoms with van der Waals surface area (Å²) in [6.45, 7) is 28.9. The summed E-state index contributed by atoms with van der Waals surface area (Å²) in [5.41, 5.74) is 9.37. The van der Waals surface area contributed by atoms with Gasteiger partial charge in [-0.25, -0.2) is 19.1 Å². The molecule has 2 heterocycles. The second-order valence-electron chi connectivity index (χ2n) is 30.2. The van der Waals surface area contributed by atoms with E-state index in [2.05, 4.69) is 36.4 Å². The minimum absolute atomic E-state index is 0.0276. The van der Waals surface area contributed by atoms with Crippen LogP contribution < -0.4 is 27.0 Å². The summed E-state index contributed by atoms with van der Waals surface area (Å²) in [6.07, 6.45) is 4.02. The van der Waals surface area contributed by atoms with Gasteiger partial charge in [0.25, 0.3) is 0 Å². The standard InChI is InChI=1S/C84H126N12O18S/c1-17-57(8)77(71(107-14)49-74(100)95-37-22-26-68(95)79(108-15)58(9)80(102)88-59(10)78(101)62-23-19-18-20-24-62)93(12)82(104)67(54(2)3)48-70(98)76(56(6)7)94(13)84(106)114-52-60-27-31-64(32-28-60)89-81(103)63(25-21-36-87-83(85)105)47-69(97)75(55(4)5)90-73(99)35-38-109-39-40-110-41-42-111-43-44-112-45-46-113-53-65-51-96(92-91-65)66-33-29-61(30-34-66)72(115-16)50-86-11/h18-20,23-24,27-34,50-51,54-59,63,67-68,71,75-79,101H,17,21-22,25-26,35-49,52-53H2,1-10,12-16H3,(H,88,102)(H,89,103)(H,90,99)(H3,85,87,105)/t57-,58+,59+,63+,67-,68-,71+,75-,76-,77-,78+,79+/m0/s1. The number of amides is 8. The van der Waals surface area contributed by atoms with E-state index in [9.17, 15) is 48.3 Å². The van der Waals surface area contributed by atoms with Crippen molar-refractivity contribution in [2.45, 2.75) is 189 Å². The molecule has 3 aromatic carbocycles. The lowest BCUT2D eigenvalue weighted by atomic mass is 9.83. The van der Waals surface area contributed by atoms with Crippen molar-refractivity contribution < 1.29 is 86.2 Å². The summed E-state index contributed by atoms with van der Waals surface area (Å²) >= 11 is 1.51. The molecule has 0 saturated carbocycles. The van der Waals surface area contributed by atoms with Crippen molar-refractivity contribution in [1.82, 2.24) is 45.6 Å². The van der Waals surface area contributed by atoms with Gasteiger partial charge in [0, 0.05) is 83.1 Å². The fourth-order valence-corrected chi connectivity index (χ4v) is 14.7. The predicted molar refractivity (Wildman–Crippen MR) is 438 cm³/mol. The molecule has 1 fully saturated rings. The second kappa shape index (κ2) is 51.4. The Balaban J connectivity index is 1.04. The van der Waals surface area contributed by atoms with E-state index < -0.39 is 90.2 Å². The van der Waals surface area contributed by atoms with Crippen molar-refractivity contribution in [3.05, 3.63) is 125 Å². The number of rotatable bonds is 54. The summed E-state index contributed by atoms with van der Waals surface area (Å²) in [6, 6.07) is 19.1. The van der Waals surface area contributed by atoms with Gasteiger partial charge in [0.15, 0.2) is 17.8 Å². The van der Waals surface area contributed by atoms with E-state index in [1.54, 1.807) is 91.8 Å². The average molecular weight is 1620 g/mol. The fourth-order valence-electron chi connectivity index (χ4n) is 14.1. The molecule has 636 valence electrons. The molecule has 0 bridgehead atoms. The number of nitrogens with one attached hydrogen (secondary N) is 4. The third-order valence-electron chi connectivity index (χ3n) is 20.8. The third kappa shape index (κ3) is 31.7. The molecule has 0 aliphatic carbocycles. The number of methoxy groups -OCH3 is 2. The molecule has 0 spiro atoms. The maximum absolute atomic E-state index is 14.9. The van der Waals surface area contributed by atoms with Crippen LogP contribution in [-0.4, -0.2) is 238 Å². The van der Waals surface area contributed by atoms with Crippen LogP contribution in [0.15, 0.2) is 91.3 Å². The number of aliphatic hydroxyl groups is 1. The van der Waals surface area contributed by atoms with Crippen molar-refractivity contribution in [3.8, 4) is 5.69 Å². The number of benzene rings is 3. The molecule has 1 saturated heterocycles. The van der Waals surface area contributed by atoms with Crippen molar-refractivity contribution >= 4 is 75.6 Å². The molecule has 31 heteroatoms. The van der Waals surface area contributed by atoms with E-state index in [1.165, 1.54) is 44.1 Å². The predicted octanol–water partition coefficient (Wildman–Crippen LogP) is 9.61. The topological polar surface area (TPSA) is 367 Å². The van der Waals surface area contributed by atoms with Crippen LogP contribution in [0.2, 0.25) is 0 Å². The number of Topliss-reactive ketones (excluding diaryl/α,β-unsaturated/α-hetero) is 2. The SMILES string of the molecule is [C-]#[N+]C=C(SC)c1ccc(-n2cc(COCCOCCOCCOCCOCCC(=O)N[C@H](C(=O)C[C@@H](CCCNC(N)=O)C(=O)Nc3ccc(COC(=O)N(C)[C@H](C(=O)C[C@H](C(=O)N(C)[C@@H]([C@@H](C)CC)[C@@H](CC(=O)N4CCC[C@H]4[C@H](OC)[C@@H](C)C(=O)N[C@H](C)[C@@H](O)c4ccccc4)OC)C(C)C)C(C)C)cc3)C(C)C)nn2)cc1. The highest BCUT2D eigenvalue weighted by molar-refractivity contribution is 8.07. The third-order valence-corrected chi connectivity index (χ3v) is 21.6. The fraction of sp³-hybridized carbons (Fsp3) is 0.619. The molecule has 30 nitrogen and oxygen atoms in total. The summed E-state index contributed by atoms with van der Waals surface area (Å²) in [5, 5.41) is 30.5. The van der Waals surface area contributed by atoms with Gasteiger partial charge >= 0.3 is 12.1 Å². The Labute approximate surface area is 683 Å². The second-order valence-corrected chi connectivity index (χ2v) is 31.0. The van der Waals surface area contributed by atoms with Crippen LogP contribution in [0.1, 0.15) is 156 Å². The number of anilines is 1. The molecule has 1 aromatic heterocycles. The normalized spacial score (nSPS) is 15.9. The molecule has 0 radical (unpaired) electrons. The Morgan fingerprint density at radius 2 is 1.36 bits per heavy atom. The number of urea groups is 1. The first-order chi connectivity index (χ1) is 55.0. The molecule has 4 aromatic rings. The van der Waals surface area contributed by atoms with Gasteiger partial charge in [-0.3, -0.25) is 33.6 Å². The number of carbonyl (C=O) groups is 9. The summed E-state index contributed by atoms with van der Waals surface area (Å²) < 4.78 is 47.7. The number of nitrogens with zero attached hydrogens (tertiary/aromatic N) is 7. The Morgan fingerprint density at radius 3 is 1.92 bits per heavy atom. The molecule has 12 atom stereocenters. The lowest BCUT2D eigenvalue weighted by Gasteiger charge is -2.41. The van der Waals surface area contributed by atoms with Gasteiger partial charge in [0.05, 0.1) is 145 Å². The number of nitrogens with two attached hydrogens (primary N) is 1. The van der Waals surface area contributed by atoms with E-state index in [0.717, 1.165) is 16.2 Å². The number of likely N-dealkylation sites (tertiary alicyclic amines) is 1. The zero-order chi connectivity index (χ0) is 84.7. The summed E-state index contributed by atoms with van der Waals surface area (Å²) in [5.74, 6) is -5.98. The van der Waals surface area contributed by atoms with Crippen molar-refractivity contribution in [3.63, 3.8) is 0 Å². The van der Waals surface area contributed by atoms with Gasteiger partial charge in [0.2, 0.25) is 29.5 Å². The van der Waals surface area contributed by atoms with Crippen LogP contribution in [0.3, 0.4) is 0 Å². The van der Waals surface area contributed by atoms with Gasteiger partial charge in [-0.1, -0.05) is 129 Å². The Kier molecular flexibility index (Phi) is 43.3. The van der Waals surface area contributed by atoms with E-state index in [4.69, 9.17) is 50.2 Å². The number of ketones is 2. The quantitative estimate of drug-likeness (QED) is 0.0177. The molecule has 5 rings (SSSR count). The highest BCUT2D eigenvalue weighted by Gasteiger charge is 2.44. The minimum Gasteiger partial charge on any atom is -0.445 e. The molecule has 1 aliphatic rings. The monoisotopic (exact) mass is 1620 g/mol. The number of carbonyl (C=O) groups excluding carboxylic acids is 9. The van der Waals surface area contributed by atoms with Crippen LogP contribution in [0, 0.1) is 48.0 Å². The Hall–Kier alpha value is -8.71. The largest absolute Gasteiger partial charge is 0.445 e.